The van der Waals surface area contributed by atoms with Crippen LogP contribution in [0.5, 0.6) is 5.75 Å². The zero-order valence-corrected chi connectivity index (χ0v) is 12.1. The first-order valence-electron chi connectivity index (χ1n) is 5.44. The van der Waals surface area contributed by atoms with Gasteiger partial charge in [0.1, 0.15) is 17.0 Å². The summed E-state index contributed by atoms with van der Waals surface area (Å²) in [6.07, 6.45) is 0.667. The van der Waals surface area contributed by atoms with Crippen LogP contribution < -0.4 is 4.74 Å². The Kier molecular flexibility index (Phi) is 15.6. The molecule has 0 unspecified atom stereocenters. The number of hydrogen-bond donors (Lipinski definition) is 0. The highest BCUT2D eigenvalue weighted by molar-refractivity contribution is 9.09. The number of carbonyl (C=O) groups excluding carboxylic acids is 1. The Morgan fingerprint density at radius 2 is 1.69 bits per heavy atom. The van der Waals surface area contributed by atoms with Crippen LogP contribution >= 0.6 is 15.9 Å². The van der Waals surface area contributed by atoms with Crippen molar-refractivity contribution in [3.05, 3.63) is 30.3 Å². The predicted octanol–water partition coefficient (Wildman–Crippen LogP) is 4.43. The molecule has 0 saturated heterocycles. The number of rotatable bonds is 3. The first-order valence-corrected chi connectivity index (χ1v) is 6.56. The summed E-state index contributed by atoms with van der Waals surface area (Å²) in [7, 11) is 0. The van der Waals surface area contributed by atoms with E-state index in [9.17, 15) is 4.79 Å². The fourth-order valence-corrected chi connectivity index (χ4v) is 0.844. The quantitative estimate of drug-likeness (QED) is 0.769. The second-order valence-electron chi connectivity index (χ2n) is 2.62. The number of hydrogen-bond acceptors (Lipinski definition) is 2. The summed E-state index contributed by atoms with van der Waals surface area (Å²) >= 11 is 3.16. The Bertz CT molecular complexity index is 247. The lowest BCUT2D eigenvalue weighted by atomic mass is 10.3. The number of para-hydroxylation sites is 1. The molecule has 0 aliphatic rings. The third kappa shape index (κ3) is 13.2. The predicted molar refractivity (Wildman–Crippen MR) is 73.2 cm³/mol. The van der Waals surface area contributed by atoms with Crippen LogP contribution in [0, 0.1) is 0 Å². The van der Waals surface area contributed by atoms with Gasteiger partial charge < -0.3 is 9.53 Å². The van der Waals surface area contributed by atoms with Gasteiger partial charge in [-0.25, -0.2) is 0 Å². The Balaban J connectivity index is 0. The van der Waals surface area contributed by atoms with Crippen molar-refractivity contribution in [2.75, 3.05) is 5.52 Å². The molecule has 0 N–H and O–H groups in total. The van der Waals surface area contributed by atoms with E-state index in [-0.39, 0.29) is 5.78 Å². The van der Waals surface area contributed by atoms with Crippen molar-refractivity contribution >= 4 is 21.7 Å². The van der Waals surface area contributed by atoms with E-state index in [0.717, 1.165) is 5.75 Å². The van der Waals surface area contributed by atoms with Crippen molar-refractivity contribution in [3.63, 3.8) is 0 Å². The fourth-order valence-electron chi connectivity index (χ4n) is 0.580. The van der Waals surface area contributed by atoms with Crippen molar-refractivity contribution in [2.45, 2.75) is 34.1 Å². The van der Waals surface area contributed by atoms with Crippen LogP contribution in [-0.2, 0) is 4.79 Å². The normalized spacial score (nSPS) is 7.81. The molecule has 1 aromatic rings. The molecule has 0 radical (unpaired) electrons. The zero-order valence-electron chi connectivity index (χ0n) is 10.5. The Morgan fingerprint density at radius 3 is 2.00 bits per heavy atom. The van der Waals surface area contributed by atoms with E-state index in [1.165, 1.54) is 0 Å². The Labute approximate surface area is 107 Å². The van der Waals surface area contributed by atoms with Gasteiger partial charge in [-0.2, -0.15) is 0 Å². The summed E-state index contributed by atoms with van der Waals surface area (Å²) in [5.41, 5.74) is 0.553. The number of benzene rings is 1. The summed E-state index contributed by atoms with van der Waals surface area (Å²) < 4.78 is 5.12. The van der Waals surface area contributed by atoms with Gasteiger partial charge in [0.25, 0.3) is 0 Å². The van der Waals surface area contributed by atoms with E-state index < -0.39 is 0 Å². The SMILES string of the molecule is BrCOc1ccccc1.CC.CCC(C)=O. The van der Waals surface area contributed by atoms with Gasteiger partial charge in [0.15, 0.2) is 0 Å². The van der Waals surface area contributed by atoms with Crippen molar-refractivity contribution < 1.29 is 9.53 Å². The average Bonchev–Trinajstić information content (AvgIpc) is 2.34. The molecule has 0 saturated carbocycles. The topological polar surface area (TPSA) is 26.3 Å². The van der Waals surface area contributed by atoms with Gasteiger partial charge in [0.05, 0.1) is 0 Å². The molecule has 0 aliphatic carbocycles. The van der Waals surface area contributed by atoms with Gasteiger partial charge in [-0.3, -0.25) is 0 Å². The first-order chi connectivity index (χ1) is 7.70. The summed E-state index contributed by atoms with van der Waals surface area (Å²) in [5, 5.41) is 0. The fraction of sp³-hybridized carbons (Fsp3) is 0.462. The highest BCUT2D eigenvalue weighted by atomic mass is 79.9. The molecule has 2 nitrogen and oxygen atoms in total. The number of ketones is 1. The van der Waals surface area contributed by atoms with Crippen LogP contribution in [0.15, 0.2) is 30.3 Å². The number of carbonyl (C=O) groups is 1. The molecular weight excluding hydrogens is 268 g/mol. The van der Waals surface area contributed by atoms with Crippen LogP contribution in [0.2, 0.25) is 0 Å². The summed E-state index contributed by atoms with van der Waals surface area (Å²) in [6, 6.07) is 9.68. The van der Waals surface area contributed by atoms with E-state index in [1.54, 1.807) is 6.92 Å². The van der Waals surface area contributed by atoms with E-state index in [2.05, 4.69) is 15.9 Å². The van der Waals surface area contributed by atoms with Gasteiger partial charge in [-0.1, -0.05) is 39.0 Å². The van der Waals surface area contributed by atoms with Crippen LogP contribution in [-0.4, -0.2) is 11.3 Å². The van der Waals surface area contributed by atoms with Crippen molar-refractivity contribution in [1.29, 1.82) is 0 Å². The standard InChI is InChI=1S/C7H7BrO.C4H8O.C2H6/c8-6-9-7-4-2-1-3-5-7;1-3-4(2)5;1-2/h1-5H,6H2;3H2,1-2H3;1-2H3. The largest absolute Gasteiger partial charge is 0.482 e. The van der Waals surface area contributed by atoms with Crippen LogP contribution in [0.25, 0.3) is 0 Å². The van der Waals surface area contributed by atoms with Crippen molar-refractivity contribution in [3.8, 4) is 5.75 Å². The monoisotopic (exact) mass is 288 g/mol. The highest BCUT2D eigenvalue weighted by Crippen LogP contribution is 2.08. The maximum Gasteiger partial charge on any atom is 0.143 e. The Morgan fingerprint density at radius 1 is 1.25 bits per heavy atom. The molecule has 0 amide bonds. The molecular formula is C13H21BrO2. The Hall–Kier alpha value is -0.830. The van der Waals surface area contributed by atoms with E-state index in [1.807, 2.05) is 51.1 Å². The van der Waals surface area contributed by atoms with Gasteiger partial charge in [-0.15, -0.1) is 0 Å². The minimum Gasteiger partial charge on any atom is -0.482 e. The third-order valence-electron chi connectivity index (χ3n) is 1.46. The van der Waals surface area contributed by atoms with E-state index >= 15 is 0 Å². The minimum absolute atomic E-state index is 0.255. The summed E-state index contributed by atoms with van der Waals surface area (Å²) in [5.74, 6) is 1.15. The second-order valence-corrected chi connectivity index (χ2v) is 3.08. The van der Waals surface area contributed by atoms with E-state index in [4.69, 9.17) is 4.74 Å². The summed E-state index contributed by atoms with van der Waals surface area (Å²) in [6.45, 7) is 7.43. The molecule has 0 atom stereocenters. The average molecular weight is 289 g/mol. The van der Waals surface area contributed by atoms with E-state index in [0.29, 0.717) is 11.9 Å². The van der Waals surface area contributed by atoms with Gasteiger partial charge in [-0.05, 0) is 35.0 Å². The molecule has 92 valence electrons. The second kappa shape index (κ2) is 14.2. The number of ether oxygens (including phenoxy) is 1. The third-order valence-corrected chi connectivity index (χ3v) is 1.69. The number of alkyl halides is 1. The van der Waals surface area contributed by atoms with Crippen LogP contribution in [0.4, 0.5) is 0 Å². The molecule has 16 heavy (non-hydrogen) atoms. The molecule has 0 spiro atoms. The van der Waals surface area contributed by atoms with Crippen molar-refractivity contribution in [2.24, 2.45) is 0 Å². The lowest BCUT2D eigenvalue weighted by Gasteiger charge is -1.98. The molecule has 0 bridgehead atoms. The van der Waals surface area contributed by atoms with Crippen molar-refractivity contribution in [1.82, 2.24) is 0 Å². The molecule has 3 heteroatoms. The van der Waals surface area contributed by atoms with Gasteiger partial charge >= 0.3 is 0 Å². The van der Waals surface area contributed by atoms with Crippen LogP contribution in [0.1, 0.15) is 34.1 Å². The molecule has 0 heterocycles. The maximum absolute atomic E-state index is 9.81. The van der Waals surface area contributed by atoms with Gasteiger partial charge in [0, 0.05) is 6.42 Å². The number of Topliss-reactive ketones (excluding diaryl/α,β-unsaturated/α-hetero) is 1. The lowest BCUT2D eigenvalue weighted by molar-refractivity contribution is -0.116. The molecule has 1 aromatic carbocycles. The molecule has 0 fully saturated rings. The maximum atomic E-state index is 9.81. The molecule has 1 rings (SSSR count). The summed E-state index contributed by atoms with van der Waals surface area (Å²) in [4.78, 5) is 9.81. The highest BCUT2D eigenvalue weighted by Gasteiger charge is 1.84. The molecule has 0 aliphatic heterocycles. The smallest absolute Gasteiger partial charge is 0.143 e. The zero-order chi connectivity index (χ0) is 12.8. The lowest BCUT2D eigenvalue weighted by Crippen LogP contribution is -1.86. The minimum atomic E-state index is 0.255. The molecule has 0 aromatic heterocycles. The first kappa shape index (κ1) is 17.6. The van der Waals surface area contributed by atoms with Crippen LogP contribution in [0.3, 0.4) is 0 Å². The number of halogens is 1. The van der Waals surface area contributed by atoms with Gasteiger partial charge in [0.2, 0.25) is 0 Å².